The summed E-state index contributed by atoms with van der Waals surface area (Å²) in [5, 5.41) is 0. The fourth-order valence-electron chi connectivity index (χ4n) is 2.64. The zero-order valence-electron chi connectivity index (χ0n) is 13.1. The summed E-state index contributed by atoms with van der Waals surface area (Å²) in [4.78, 5) is 23.8. The van der Waals surface area contributed by atoms with Crippen molar-refractivity contribution in [2.75, 3.05) is 0 Å². The Bertz CT molecular complexity index is 537. The van der Waals surface area contributed by atoms with E-state index in [1.165, 1.54) is 13.8 Å². The standard InChI is InChI=1S/C17H22O5/c1-12(2)15(18)21-13(3)16(19)22-17(9-5-4-6-10-17)14-8-7-11-20-14/h7-8,11,13H,1,4-6,9-10H2,2-3H3. The van der Waals surface area contributed by atoms with Crippen molar-refractivity contribution in [3.05, 3.63) is 36.3 Å². The summed E-state index contributed by atoms with van der Waals surface area (Å²) in [6.45, 7) is 6.53. The molecule has 1 aromatic rings. The molecule has 0 aliphatic heterocycles. The third kappa shape index (κ3) is 3.59. The van der Waals surface area contributed by atoms with Gasteiger partial charge in [0.15, 0.2) is 11.7 Å². The Labute approximate surface area is 130 Å². The molecule has 1 aromatic heterocycles. The summed E-state index contributed by atoms with van der Waals surface area (Å²) in [6, 6.07) is 3.60. The average Bonchev–Trinajstić information content (AvgIpc) is 3.02. The number of hydrogen-bond donors (Lipinski definition) is 0. The lowest BCUT2D eigenvalue weighted by molar-refractivity contribution is -0.182. The molecule has 2 rings (SSSR count). The molecule has 22 heavy (non-hydrogen) atoms. The van der Waals surface area contributed by atoms with Gasteiger partial charge < -0.3 is 13.9 Å². The fraction of sp³-hybridized carbons (Fsp3) is 0.529. The van der Waals surface area contributed by atoms with Gasteiger partial charge in [-0.2, -0.15) is 0 Å². The molecular weight excluding hydrogens is 284 g/mol. The number of rotatable bonds is 5. The van der Waals surface area contributed by atoms with Crippen LogP contribution in [-0.2, 0) is 24.7 Å². The quantitative estimate of drug-likeness (QED) is 0.615. The first-order valence-corrected chi connectivity index (χ1v) is 7.58. The van der Waals surface area contributed by atoms with Crippen molar-refractivity contribution in [2.24, 2.45) is 0 Å². The molecular formula is C17H22O5. The van der Waals surface area contributed by atoms with Crippen molar-refractivity contribution in [3.8, 4) is 0 Å². The van der Waals surface area contributed by atoms with Crippen LogP contribution in [0, 0.1) is 0 Å². The van der Waals surface area contributed by atoms with E-state index in [1.54, 1.807) is 12.3 Å². The van der Waals surface area contributed by atoms with Crippen LogP contribution < -0.4 is 0 Å². The van der Waals surface area contributed by atoms with E-state index in [2.05, 4.69) is 6.58 Å². The topological polar surface area (TPSA) is 65.7 Å². The fourth-order valence-corrected chi connectivity index (χ4v) is 2.64. The lowest BCUT2D eigenvalue weighted by Gasteiger charge is -2.35. The summed E-state index contributed by atoms with van der Waals surface area (Å²) in [7, 11) is 0. The van der Waals surface area contributed by atoms with Gasteiger partial charge in [0.05, 0.1) is 6.26 Å². The van der Waals surface area contributed by atoms with E-state index in [0.29, 0.717) is 18.6 Å². The van der Waals surface area contributed by atoms with Gasteiger partial charge in [-0.15, -0.1) is 0 Å². The molecule has 5 nitrogen and oxygen atoms in total. The van der Waals surface area contributed by atoms with Gasteiger partial charge in [0.25, 0.3) is 0 Å². The third-order valence-electron chi connectivity index (χ3n) is 3.89. The molecule has 1 aliphatic carbocycles. The highest BCUT2D eigenvalue weighted by Crippen LogP contribution is 2.41. The largest absolute Gasteiger partial charge is 0.465 e. The Balaban J connectivity index is 2.09. The van der Waals surface area contributed by atoms with Crippen molar-refractivity contribution in [1.29, 1.82) is 0 Å². The van der Waals surface area contributed by atoms with Gasteiger partial charge in [0, 0.05) is 5.57 Å². The summed E-state index contributed by atoms with van der Waals surface area (Å²) < 4.78 is 16.2. The summed E-state index contributed by atoms with van der Waals surface area (Å²) in [6.07, 6.45) is 5.07. The van der Waals surface area contributed by atoms with E-state index in [4.69, 9.17) is 13.9 Å². The van der Waals surface area contributed by atoms with Crippen molar-refractivity contribution < 1.29 is 23.5 Å². The molecule has 1 unspecified atom stereocenters. The highest BCUT2D eigenvalue weighted by atomic mass is 16.6. The molecule has 0 spiro atoms. The van der Waals surface area contributed by atoms with Gasteiger partial charge >= 0.3 is 11.9 Å². The second-order valence-corrected chi connectivity index (χ2v) is 5.78. The lowest BCUT2D eigenvalue weighted by Crippen LogP contribution is -2.38. The van der Waals surface area contributed by atoms with Gasteiger partial charge in [-0.05, 0) is 51.7 Å². The molecule has 120 valence electrons. The maximum absolute atomic E-state index is 12.3. The Morgan fingerprint density at radius 3 is 2.55 bits per heavy atom. The SMILES string of the molecule is C=C(C)C(=O)OC(C)C(=O)OC1(c2ccco2)CCCCC1. The number of furan rings is 1. The second-order valence-electron chi connectivity index (χ2n) is 5.78. The molecule has 0 radical (unpaired) electrons. The van der Waals surface area contributed by atoms with E-state index >= 15 is 0 Å². The molecule has 1 heterocycles. The van der Waals surface area contributed by atoms with E-state index in [0.717, 1.165) is 19.3 Å². The van der Waals surface area contributed by atoms with Crippen LogP contribution in [0.1, 0.15) is 51.7 Å². The van der Waals surface area contributed by atoms with E-state index < -0.39 is 23.6 Å². The molecule has 0 aromatic carbocycles. The van der Waals surface area contributed by atoms with E-state index in [-0.39, 0.29) is 5.57 Å². The molecule has 0 amide bonds. The van der Waals surface area contributed by atoms with Crippen LogP contribution in [0.25, 0.3) is 0 Å². The van der Waals surface area contributed by atoms with Gasteiger partial charge in [-0.25, -0.2) is 9.59 Å². The molecule has 1 aliphatic rings. The van der Waals surface area contributed by atoms with Crippen LogP contribution in [0.5, 0.6) is 0 Å². The van der Waals surface area contributed by atoms with Crippen molar-refractivity contribution in [2.45, 2.75) is 57.7 Å². The van der Waals surface area contributed by atoms with Gasteiger partial charge in [-0.1, -0.05) is 13.0 Å². The van der Waals surface area contributed by atoms with Gasteiger partial charge in [-0.3, -0.25) is 0 Å². The molecule has 1 atom stereocenters. The minimum Gasteiger partial charge on any atom is -0.465 e. The van der Waals surface area contributed by atoms with Crippen LogP contribution in [0.15, 0.2) is 35.0 Å². The Kier molecular flexibility index (Phi) is 5.06. The monoisotopic (exact) mass is 306 g/mol. The van der Waals surface area contributed by atoms with Crippen molar-refractivity contribution in [3.63, 3.8) is 0 Å². The molecule has 1 saturated carbocycles. The van der Waals surface area contributed by atoms with Crippen LogP contribution in [0.4, 0.5) is 0 Å². The normalized spacial score (nSPS) is 18.3. The predicted molar refractivity (Wildman–Crippen MR) is 79.9 cm³/mol. The molecule has 5 heteroatoms. The first-order valence-electron chi connectivity index (χ1n) is 7.58. The Morgan fingerprint density at radius 2 is 2.00 bits per heavy atom. The molecule has 0 saturated heterocycles. The number of ether oxygens (including phenoxy) is 2. The summed E-state index contributed by atoms with van der Waals surface area (Å²) >= 11 is 0. The summed E-state index contributed by atoms with van der Waals surface area (Å²) in [5.41, 5.74) is -0.499. The number of carbonyl (C=O) groups excluding carboxylic acids is 2. The zero-order chi connectivity index (χ0) is 16.2. The first-order chi connectivity index (χ1) is 10.4. The van der Waals surface area contributed by atoms with Gasteiger partial charge in [0.2, 0.25) is 0 Å². The van der Waals surface area contributed by atoms with Crippen molar-refractivity contribution in [1.82, 2.24) is 0 Å². The van der Waals surface area contributed by atoms with Gasteiger partial charge in [0.1, 0.15) is 5.76 Å². The van der Waals surface area contributed by atoms with Crippen LogP contribution in [-0.4, -0.2) is 18.0 Å². The molecule has 1 fully saturated rings. The van der Waals surface area contributed by atoms with Crippen LogP contribution >= 0.6 is 0 Å². The smallest absolute Gasteiger partial charge is 0.348 e. The highest BCUT2D eigenvalue weighted by molar-refractivity contribution is 5.89. The van der Waals surface area contributed by atoms with Crippen LogP contribution in [0.3, 0.4) is 0 Å². The molecule has 0 bridgehead atoms. The average molecular weight is 306 g/mol. The third-order valence-corrected chi connectivity index (χ3v) is 3.89. The molecule has 0 N–H and O–H groups in total. The van der Waals surface area contributed by atoms with Crippen LogP contribution in [0.2, 0.25) is 0 Å². The number of carbonyl (C=O) groups is 2. The zero-order valence-corrected chi connectivity index (χ0v) is 13.1. The lowest BCUT2D eigenvalue weighted by atomic mass is 9.82. The minimum absolute atomic E-state index is 0.248. The maximum Gasteiger partial charge on any atom is 0.348 e. The summed E-state index contributed by atoms with van der Waals surface area (Å²) in [5.74, 6) is -0.507. The predicted octanol–water partition coefficient (Wildman–Crippen LogP) is 3.49. The first kappa shape index (κ1) is 16.3. The number of hydrogen-bond acceptors (Lipinski definition) is 5. The maximum atomic E-state index is 12.3. The Morgan fingerprint density at radius 1 is 1.32 bits per heavy atom. The minimum atomic E-state index is -0.974. The van der Waals surface area contributed by atoms with Crippen molar-refractivity contribution >= 4 is 11.9 Å². The van der Waals surface area contributed by atoms with E-state index in [1.807, 2.05) is 6.07 Å². The van der Waals surface area contributed by atoms with E-state index in [9.17, 15) is 9.59 Å². The highest BCUT2D eigenvalue weighted by Gasteiger charge is 2.41. The second kappa shape index (κ2) is 6.81. The number of esters is 2. The Hall–Kier alpha value is -2.04.